The van der Waals surface area contributed by atoms with Crippen molar-refractivity contribution in [2.24, 2.45) is 0 Å². The molecule has 0 atom stereocenters. The molecule has 0 radical (unpaired) electrons. The number of nitrogens with zero attached hydrogens (tertiary/aromatic N) is 4. The maximum absolute atomic E-state index is 13.6. The van der Waals surface area contributed by atoms with E-state index in [1.807, 2.05) is 35.7 Å². The molecular weight excluding hydrogens is 460 g/mol. The van der Waals surface area contributed by atoms with E-state index in [9.17, 15) is 9.59 Å². The number of hydrogen-bond donors (Lipinski definition) is 0. The smallest absolute Gasteiger partial charge is 0.263 e. The lowest BCUT2D eigenvalue weighted by Gasteiger charge is -2.12. The number of benzene rings is 1. The minimum absolute atomic E-state index is 0.0301. The molecule has 0 saturated carbocycles. The normalized spacial score (nSPS) is 13.2. The first-order chi connectivity index (χ1) is 15.7. The fourth-order valence-electron chi connectivity index (χ4n) is 4.17. The van der Waals surface area contributed by atoms with Crippen molar-refractivity contribution in [1.82, 2.24) is 18.9 Å². The molecule has 0 unspecified atom stereocenters. The SMILES string of the molecule is O=c1c2c3c(sc2nc(SCc2cc(=O)n4ccsc4n2)n1Cc1ccccc1)CCC3. The van der Waals surface area contributed by atoms with Crippen LogP contribution in [0.15, 0.2) is 62.7 Å². The Morgan fingerprint density at radius 1 is 1.09 bits per heavy atom. The van der Waals surface area contributed by atoms with Crippen LogP contribution in [-0.2, 0) is 25.1 Å². The molecule has 6 nitrogen and oxygen atoms in total. The first-order valence-corrected chi connectivity index (χ1v) is 13.0. The topological polar surface area (TPSA) is 69.3 Å². The second-order valence-corrected chi connectivity index (χ2v) is 10.6. The summed E-state index contributed by atoms with van der Waals surface area (Å²) in [6.07, 6.45) is 4.83. The summed E-state index contributed by atoms with van der Waals surface area (Å²) in [6, 6.07) is 11.5. The van der Waals surface area contributed by atoms with E-state index >= 15 is 0 Å². The first kappa shape index (κ1) is 19.9. The number of aromatic nitrogens is 4. The van der Waals surface area contributed by atoms with Crippen molar-refractivity contribution in [2.75, 3.05) is 0 Å². The summed E-state index contributed by atoms with van der Waals surface area (Å²) < 4.78 is 3.33. The van der Waals surface area contributed by atoms with Gasteiger partial charge in [-0.05, 0) is 30.4 Å². The van der Waals surface area contributed by atoms with Gasteiger partial charge in [-0.1, -0.05) is 42.1 Å². The van der Waals surface area contributed by atoms with E-state index < -0.39 is 0 Å². The summed E-state index contributed by atoms with van der Waals surface area (Å²) in [6.45, 7) is 0.468. The molecule has 5 aromatic rings. The van der Waals surface area contributed by atoms with Gasteiger partial charge < -0.3 is 0 Å². The highest BCUT2D eigenvalue weighted by molar-refractivity contribution is 7.98. The molecule has 1 aliphatic rings. The van der Waals surface area contributed by atoms with Gasteiger partial charge in [-0.25, -0.2) is 9.97 Å². The van der Waals surface area contributed by atoms with Crippen LogP contribution in [0.3, 0.4) is 0 Å². The minimum Gasteiger partial charge on any atom is -0.283 e. The van der Waals surface area contributed by atoms with Crippen molar-refractivity contribution in [2.45, 2.75) is 36.7 Å². The second kappa shape index (κ2) is 7.99. The van der Waals surface area contributed by atoms with Gasteiger partial charge >= 0.3 is 0 Å². The molecule has 0 saturated heterocycles. The predicted octanol–water partition coefficient (Wildman–Crippen LogP) is 4.36. The van der Waals surface area contributed by atoms with Crippen LogP contribution in [0.2, 0.25) is 0 Å². The van der Waals surface area contributed by atoms with Gasteiger partial charge in [0, 0.05) is 28.3 Å². The van der Waals surface area contributed by atoms with Gasteiger partial charge in [0.2, 0.25) is 0 Å². The van der Waals surface area contributed by atoms with Crippen molar-refractivity contribution in [3.8, 4) is 0 Å². The van der Waals surface area contributed by atoms with Gasteiger partial charge in [0.1, 0.15) is 4.83 Å². The maximum atomic E-state index is 13.6. The third kappa shape index (κ3) is 3.41. The molecule has 1 aliphatic carbocycles. The number of fused-ring (bicyclic) bond motifs is 4. The summed E-state index contributed by atoms with van der Waals surface area (Å²) in [5, 5.41) is 3.31. The van der Waals surface area contributed by atoms with E-state index in [1.165, 1.54) is 33.5 Å². The fourth-order valence-corrected chi connectivity index (χ4v) is 7.11. The van der Waals surface area contributed by atoms with E-state index in [2.05, 4.69) is 4.98 Å². The highest BCUT2D eigenvalue weighted by Gasteiger charge is 2.23. The molecule has 160 valence electrons. The van der Waals surface area contributed by atoms with Crippen molar-refractivity contribution in [3.63, 3.8) is 0 Å². The lowest BCUT2D eigenvalue weighted by Crippen LogP contribution is -2.24. The number of hydrogen-bond acceptors (Lipinski definition) is 7. The molecular formula is C23H18N4O2S3. The number of aryl methyl sites for hydroxylation is 2. The lowest BCUT2D eigenvalue weighted by atomic mass is 10.2. The van der Waals surface area contributed by atoms with Crippen molar-refractivity contribution in [3.05, 3.63) is 90.4 Å². The third-order valence-corrected chi connectivity index (χ3v) is 8.63. The van der Waals surface area contributed by atoms with E-state index in [0.717, 1.165) is 35.0 Å². The van der Waals surface area contributed by atoms with Crippen LogP contribution in [0.5, 0.6) is 0 Å². The van der Waals surface area contributed by atoms with E-state index in [1.54, 1.807) is 32.6 Å². The Hall–Kier alpha value is -2.75. The number of thioether (sulfide) groups is 1. The number of rotatable bonds is 5. The average Bonchev–Trinajstić information content (AvgIpc) is 3.51. The standard InChI is InChI=1S/C23H18N4O2S3/c28-18-11-15(24-22-26(18)9-10-30-22)13-31-23-25-20-19(16-7-4-8-17(16)32-20)21(29)27(23)12-14-5-2-1-3-6-14/h1-3,5-6,9-11H,4,7-8,12-13H2. The van der Waals surface area contributed by atoms with Crippen LogP contribution >= 0.6 is 34.4 Å². The largest absolute Gasteiger partial charge is 0.283 e. The Morgan fingerprint density at radius 3 is 2.84 bits per heavy atom. The monoisotopic (exact) mass is 478 g/mol. The fraction of sp³-hybridized carbons (Fsp3) is 0.217. The van der Waals surface area contributed by atoms with Crippen LogP contribution in [0, 0.1) is 0 Å². The average molecular weight is 479 g/mol. The maximum Gasteiger partial charge on any atom is 0.263 e. The second-order valence-electron chi connectivity index (χ2n) is 7.74. The summed E-state index contributed by atoms with van der Waals surface area (Å²) in [5.74, 6) is 0.474. The van der Waals surface area contributed by atoms with Crippen LogP contribution in [0.4, 0.5) is 0 Å². The lowest BCUT2D eigenvalue weighted by molar-refractivity contribution is 0.658. The zero-order chi connectivity index (χ0) is 21.7. The zero-order valence-electron chi connectivity index (χ0n) is 17.0. The van der Waals surface area contributed by atoms with Gasteiger partial charge in [-0.2, -0.15) is 0 Å². The molecule has 1 aromatic carbocycles. The van der Waals surface area contributed by atoms with Gasteiger partial charge in [0.15, 0.2) is 10.1 Å². The highest BCUT2D eigenvalue weighted by atomic mass is 32.2. The minimum atomic E-state index is -0.0911. The van der Waals surface area contributed by atoms with Crippen molar-refractivity contribution >= 4 is 49.6 Å². The molecule has 32 heavy (non-hydrogen) atoms. The van der Waals surface area contributed by atoms with Crippen LogP contribution in [-0.4, -0.2) is 18.9 Å². The Labute approximate surface area is 195 Å². The highest BCUT2D eigenvalue weighted by Crippen LogP contribution is 2.36. The molecule has 0 aliphatic heterocycles. The molecule has 9 heteroatoms. The molecule has 0 spiro atoms. The van der Waals surface area contributed by atoms with Gasteiger partial charge in [-0.15, -0.1) is 22.7 Å². The summed E-state index contributed by atoms with van der Waals surface area (Å²) in [7, 11) is 0. The van der Waals surface area contributed by atoms with E-state index in [-0.39, 0.29) is 11.1 Å². The van der Waals surface area contributed by atoms with Gasteiger partial charge in [0.05, 0.1) is 17.6 Å². The van der Waals surface area contributed by atoms with Crippen molar-refractivity contribution < 1.29 is 0 Å². The van der Waals surface area contributed by atoms with Crippen LogP contribution in [0.1, 0.15) is 28.1 Å². The molecule has 0 fully saturated rings. The first-order valence-electron chi connectivity index (χ1n) is 10.3. The van der Waals surface area contributed by atoms with E-state index in [4.69, 9.17) is 4.98 Å². The Balaban J connectivity index is 1.43. The van der Waals surface area contributed by atoms with Crippen LogP contribution < -0.4 is 11.1 Å². The Kier molecular flexibility index (Phi) is 4.97. The predicted molar refractivity (Wildman–Crippen MR) is 130 cm³/mol. The quantitative estimate of drug-likeness (QED) is 0.277. The molecule has 0 amide bonds. The molecule has 0 bridgehead atoms. The summed E-state index contributed by atoms with van der Waals surface area (Å²) >= 11 is 4.55. The number of thiophene rings is 1. The van der Waals surface area contributed by atoms with E-state index in [0.29, 0.717) is 28.1 Å². The van der Waals surface area contributed by atoms with Crippen molar-refractivity contribution in [1.29, 1.82) is 0 Å². The summed E-state index contributed by atoms with van der Waals surface area (Å²) in [4.78, 5) is 38.3. The van der Waals surface area contributed by atoms with Gasteiger partial charge in [0.25, 0.3) is 11.1 Å². The zero-order valence-corrected chi connectivity index (χ0v) is 19.4. The van der Waals surface area contributed by atoms with Gasteiger partial charge in [-0.3, -0.25) is 18.6 Å². The molecule has 4 aromatic heterocycles. The third-order valence-electron chi connectivity index (χ3n) is 5.68. The number of thiazole rings is 1. The molecule has 0 N–H and O–H groups in total. The molecule has 6 rings (SSSR count). The summed E-state index contributed by atoms with van der Waals surface area (Å²) in [5.41, 5.74) is 2.88. The molecule has 4 heterocycles. The Morgan fingerprint density at radius 2 is 1.97 bits per heavy atom. The Bertz CT molecular complexity index is 1580. The van der Waals surface area contributed by atoms with Crippen LogP contribution in [0.25, 0.3) is 15.2 Å².